The molecule has 14 heavy (non-hydrogen) atoms. The summed E-state index contributed by atoms with van der Waals surface area (Å²) in [5.41, 5.74) is 0.684. The van der Waals surface area contributed by atoms with Crippen LogP contribution in [0.15, 0.2) is 22.7 Å². The van der Waals surface area contributed by atoms with Gasteiger partial charge in [-0.05, 0) is 19.2 Å². The van der Waals surface area contributed by atoms with E-state index in [1.807, 2.05) is 13.1 Å². The first kappa shape index (κ1) is 11.6. The van der Waals surface area contributed by atoms with Gasteiger partial charge in [-0.25, -0.2) is 4.39 Å². The molecule has 1 aromatic carbocycles. The van der Waals surface area contributed by atoms with Crippen LogP contribution in [0.25, 0.3) is 0 Å². The van der Waals surface area contributed by atoms with Crippen LogP contribution in [0.1, 0.15) is 5.56 Å². The van der Waals surface area contributed by atoms with Gasteiger partial charge in [0.05, 0.1) is 0 Å². The molecule has 0 saturated carbocycles. The molecule has 0 aromatic heterocycles. The van der Waals surface area contributed by atoms with Gasteiger partial charge in [0.15, 0.2) is 0 Å². The highest BCUT2D eigenvalue weighted by molar-refractivity contribution is 9.10. The third-order valence-electron chi connectivity index (χ3n) is 1.92. The molecule has 0 amide bonds. The summed E-state index contributed by atoms with van der Waals surface area (Å²) >= 11 is 3.32. The summed E-state index contributed by atoms with van der Waals surface area (Å²) in [5, 5.41) is 6.17. The predicted octanol–water partition coefficient (Wildman–Crippen LogP) is 1.90. The number of rotatable bonds is 5. The van der Waals surface area contributed by atoms with Crippen molar-refractivity contribution in [1.29, 1.82) is 0 Å². The van der Waals surface area contributed by atoms with Crippen LogP contribution in [0.5, 0.6) is 0 Å². The van der Waals surface area contributed by atoms with Gasteiger partial charge < -0.3 is 10.6 Å². The van der Waals surface area contributed by atoms with Gasteiger partial charge in [-0.3, -0.25) is 0 Å². The lowest BCUT2D eigenvalue weighted by Crippen LogP contribution is -2.24. The molecule has 0 aliphatic heterocycles. The smallest absolute Gasteiger partial charge is 0.128 e. The fourth-order valence-corrected chi connectivity index (χ4v) is 1.61. The second kappa shape index (κ2) is 6.11. The highest BCUT2D eigenvalue weighted by Gasteiger charge is 2.04. The first-order chi connectivity index (χ1) is 6.75. The molecule has 2 N–H and O–H groups in total. The largest absolute Gasteiger partial charge is 0.318 e. The molecule has 4 heteroatoms. The number of hydrogen-bond acceptors (Lipinski definition) is 2. The van der Waals surface area contributed by atoms with Crippen LogP contribution in [-0.2, 0) is 6.54 Å². The molecular weight excluding hydrogens is 247 g/mol. The number of hydrogen-bond donors (Lipinski definition) is 2. The Kier molecular flexibility index (Phi) is 5.07. The van der Waals surface area contributed by atoms with E-state index < -0.39 is 0 Å². The Morgan fingerprint density at radius 3 is 2.79 bits per heavy atom. The van der Waals surface area contributed by atoms with Gasteiger partial charge in [-0.2, -0.15) is 0 Å². The maximum atomic E-state index is 13.3. The summed E-state index contributed by atoms with van der Waals surface area (Å²) in [4.78, 5) is 0. The lowest BCUT2D eigenvalue weighted by atomic mass is 10.2. The molecule has 0 fully saturated rings. The molecule has 1 rings (SSSR count). The molecule has 0 radical (unpaired) electrons. The molecule has 0 bridgehead atoms. The quantitative estimate of drug-likeness (QED) is 0.791. The Balaban J connectivity index is 2.49. The second-order valence-electron chi connectivity index (χ2n) is 2.98. The molecule has 0 unspecified atom stereocenters. The molecule has 0 spiro atoms. The van der Waals surface area contributed by atoms with Crippen LogP contribution >= 0.6 is 15.9 Å². The second-order valence-corrected chi connectivity index (χ2v) is 3.83. The number of likely N-dealkylation sites (N-methyl/N-ethyl adjacent to an activating group) is 1. The SMILES string of the molecule is CNCCNCc1c(F)cccc1Br. The van der Waals surface area contributed by atoms with Crippen molar-refractivity contribution in [3.63, 3.8) is 0 Å². The molecule has 0 atom stereocenters. The van der Waals surface area contributed by atoms with Crippen molar-refractivity contribution >= 4 is 15.9 Å². The van der Waals surface area contributed by atoms with Crippen molar-refractivity contribution in [3.8, 4) is 0 Å². The van der Waals surface area contributed by atoms with Gasteiger partial charge in [0.2, 0.25) is 0 Å². The fraction of sp³-hybridized carbons (Fsp3) is 0.400. The maximum absolute atomic E-state index is 13.3. The van der Waals surface area contributed by atoms with E-state index in [-0.39, 0.29) is 5.82 Å². The van der Waals surface area contributed by atoms with Crippen molar-refractivity contribution in [2.45, 2.75) is 6.54 Å². The standard InChI is InChI=1S/C10H14BrFN2/c1-13-5-6-14-7-8-9(11)3-2-4-10(8)12/h2-4,13-14H,5-7H2,1H3. The third kappa shape index (κ3) is 3.36. The first-order valence-electron chi connectivity index (χ1n) is 4.54. The Morgan fingerprint density at radius 1 is 1.36 bits per heavy atom. The van der Waals surface area contributed by atoms with Gasteiger partial charge in [-0.1, -0.05) is 22.0 Å². The normalized spacial score (nSPS) is 10.5. The van der Waals surface area contributed by atoms with Crippen molar-refractivity contribution in [2.24, 2.45) is 0 Å². The third-order valence-corrected chi connectivity index (χ3v) is 2.66. The molecule has 1 aromatic rings. The molecular formula is C10H14BrFN2. The first-order valence-corrected chi connectivity index (χ1v) is 5.33. The monoisotopic (exact) mass is 260 g/mol. The zero-order valence-electron chi connectivity index (χ0n) is 8.11. The van der Waals surface area contributed by atoms with E-state index in [1.54, 1.807) is 6.07 Å². The van der Waals surface area contributed by atoms with Crippen molar-refractivity contribution in [3.05, 3.63) is 34.1 Å². The van der Waals surface area contributed by atoms with Crippen LogP contribution in [0.2, 0.25) is 0 Å². The topological polar surface area (TPSA) is 24.1 Å². The van der Waals surface area contributed by atoms with Crippen LogP contribution in [0, 0.1) is 5.82 Å². The predicted molar refractivity (Wildman–Crippen MR) is 59.7 cm³/mol. The summed E-state index contributed by atoms with van der Waals surface area (Å²) < 4.78 is 14.1. The van der Waals surface area contributed by atoms with E-state index in [0.29, 0.717) is 12.1 Å². The maximum Gasteiger partial charge on any atom is 0.128 e. The Hall–Kier alpha value is -0.450. The highest BCUT2D eigenvalue weighted by Crippen LogP contribution is 2.18. The molecule has 0 saturated heterocycles. The van der Waals surface area contributed by atoms with Crippen molar-refractivity contribution < 1.29 is 4.39 Å². The zero-order valence-corrected chi connectivity index (χ0v) is 9.70. The summed E-state index contributed by atoms with van der Waals surface area (Å²) in [6, 6.07) is 5.01. The average Bonchev–Trinajstić information content (AvgIpc) is 2.16. The van der Waals surface area contributed by atoms with Gasteiger partial charge in [0.25, 0.3) is 0 Å². The number of benzene rings is 1. The minimum atomic E-state index is -0.170. The van der Waals surface area contributed by atoms with Crippen LogP contribution in [0.4, 0.5) is 4.39 Å². The molecule has 0 heterocycles. The van der Waals surface area contributed by atoms with Crippen LogP contribution in [-0.4, -0.2) is 20.1 Å². The summed E-state index contributed by atoms with van der Waals surface area (Å²) in [5.74, 6) is -0.170. The average molecular weight is 261 g/mol. The van der Waals surface area contributed by atoms with Crippen LogP contribution in [0.3, 0.4) is 0 Å². The molecule has 2 nitrogen and oxygen atoms in total. The van der Waals surface area contributed by atoms with E-state index in [0.717, 1.165) is 17.6 Å². The van der Waals surface area contributed by atoms with E-state index in [9.17, 15) is 4.39 Å². The fourth-order valence-electron chi connectivity index (χ4n) is 1.13. The molecule has 0 aliphatic carbocycles. The summed E-state index contributed by atoms with van der Waals surface area (Å²) in [6.07, 6.45) is 0. The van der Waals surface area contributed by atoms with E-state index in [4.69, 9.17) is 0 Å². The van der Waals surface area contributed by atoms with Crippen molar-refractivity contribution in [1.82, 2.24) is 10.6 Å². The van der Waals surface area contributed by atoms with E-state index >= 15 is 0 Å². The Labute approximate surface area is 92.0 Å². The number of nitrogens with one attached hydrogen (secondary N) is 2. The van der Waals surface area contributed by atoms with Crippen molar-refractivity contribution in [2.75, 3.05) is 20.1 Å². The van der Waals surface area contributed by atoms with E-state index in [2.05, 4.69) is 26.6 Å². The minimum absolute atomic E-state index is 0.170. The minimum Gasteiger partial charge on any atom is -0.318 e. The van der Waals surface area contributed by atoms with Crippen LogP contribution < -0.4 is 10.6 Å². The van der Waals surface area contributed by atoms with E-state index in [1.165, 1.54) is 6.07 Å². The molecule has 78 valence electrons. The highest BCUT2D eigenvalue weighted by atomic mass is 79.9. The van der Waals surface area contributed by atoms with Gasteiger partial charge >= 0.3 is 0 Å². The number of halogens is 2. The Bertz CT molecular complexity index is 271. The lowest BCUT2D eigenvalue weighted by Gasteiger charge is -2.07. The van der Waals surface area contributed by atoms with Gasteiger partial charge in [0.1, 0.15) is 5.82 Å². The van der Waals surface area contributed by atoms with Gasteiger partial charge in [0, 0.05) is 29.7 Å². The summed E-state index contributed by atoms with van der Waals surface area (Å²) in [7, 11) is 1.89. The molecule has 0 aliphatic rings. The zero-order chi connectivity index (χ0) is 10.4. The Morgan fingerprint density at radius 2 is 2.14 bits per heavy atom. The lowest BCUT2D eigenvalue weighted by molar-refractivity contribution is 0.581. The van der Waals surface area contributed by atoms with Gasteiger partial charge in [-0.15, -0.1) is 0 Å². The summed E-state index contributed by atoms with van der Waals surface area (Å²) in [6.45, 7) is 2.26.